The minimum absolute atomic E-state index is 0.0808. The number of halogens is 1. The average Bonchev–Trinajstić information content (AvgIpc) is 3.12. The van der Waals surface area contributed by atoms with Crippen molar-refractivity contribution in [3.05, 3.63) is 95.2 Å². The second kappa shape index (κ2) is 8.20. The molecule has 0 aliphatic carbocycles. The molecule has 0 aliphatic rings. The number of carbonyl (C=O) groups is 2. The van der Waals surface area contributed by atoms with Crippen molar-refractivity contribution in [3.8, 4) is 5.75 Å². The van der Waals surface area contributed by atoms with Crippen LogP contribution in [0.4, 0.5) is 5.69 Å². The van der Waals surface area contributed by atoms with E-state index in [1.165, 1.54) is 0 Å². The summed E-state index contributed by atoms with van der Waals surface area (Å²) in [6.45, 7) is -0.222. The predicted octanol–water partition coefficient (Wildman–Crippen LogP) is 5.33. The molecular weight excluding hydrogens is 390 g/mol. The third-order valence-electron chi connectivity index (χ3n) is 4.29. The van der Waals surface area contributed by atoms with Crippen LogP contribution in [0.1, 0.15) is 16.1 Å². The van der Waals surface area contributed by atoms with Crippen molar-refractivity contribution >= 4 is 39.9 Å². The molecule has 4 rings (SSSR count). The molecule has 0 spiro atoms. The molecule has 1 amide bonds. The van der Waals surface area contributed by atoms with Gasteiger partial charge in [-0.15, -0.1) is 0 Å². The number of benzene rings is 3. The van der Waals surface area contributed by atoms with E-state index in [-0.39, 0.29) is 18.2 Å². The molecule has 1 heterocycles. The Morgan fingerprint density at radius 1 is 0.897 bits per heavy atom. The standard InChI is InChI=1S/C23H16ClNO4/c24-16-10-12-17(13-11-16)28-14-20(26)25-21-18-8-4-5-9-19(18)29-23(21)22(27)15-6-2-1-3-7-15/h1-13H,14H2,(H,25,26). The molecule has 6 heteroatoms. The Morgan fingerprint density at radius 3 is 2.34 bits per heavy atom. The predicted molar refractivity (Wildman–Crippen MR) is 112 cm³/mol. The summed E-state index contributed by atoms with van der Waals surface area (Å²) >= 11 is 5.85. The third kappa shape index (κ3) is 4.15. The van der Waals surface area contributed by atoms with E-state index in [4.69, 9.17) is 20.8 Å². The molecule has 0 radical (unpaired) electrons. The maximum atomic E-state index is 12.9. The summed E-state index contributed by atoms with van der Waals surface area (Å²) in [6, 6.07) is 22.6. The van der Waals surface area contributed by atoms with Crippen LogP contribution in [-0.2, 0) is 4.79 Å². The van der Waals surface area contributed by atoms with Gasteiger partial charge >= 0.3 is 0 Å². The molecule has 5 nitrogen and oxygen atoms in total. The summed E-state index contributed by atoms with van der Waals surface area (Å²) in [6.07, 6.45) is 0. The quantitative estimate of drug-likeness (QED) is 0.440. The van der Waals surface area contributed by atoms with Gasteiger partial charge in [-0.25, -0.2) is 0 Å². The fourth-order valence-electron chi connectivity index (χ4n) is 2.91. The first-order chi connectivity index (χ1) is 14.1. The van der Waals surface area contributed by atoms with Crippen molar-refractivity contribution in [2.45, 2.75) is 0 Å². The molecule has 0 unspecified atom stereocenters. The zero-order valence-corrected chi connectivity index (χ0v) is 16.0. The van der Waals surface area contributed by atoms with Crippen molar-refractivity contribution in [2.75, 3.05) is 11.9 Å². The zero-order valence-electron chi connectivity index (χ0n) is 15.2. The molecule has 0 bridgehead atoms. The van der Waals surface area contributed by atoms with Gasteiger partial charge in [0.15, 0.2) is 12.4 Å². The lowest BCUT2D eigenvalue weighted by atomic mass is 10.1. The summed E-state index contributed by atoms with van der Waals surface area (Å²) in [7, 11) is 0. The van der Waals surface area contributed by atoms with Crippen LogP contribution in [0.15, 0.2) is 83.3 Å². The van der Waals surface area contributed by atoms with Gasteiger partial charge in [-0.2, -0.15) is 0 Å². The Morgan fingerprint density at radius 2 is 1.59 bits per heavy atom. The third-order valence-corrected chi connectivity index (χ3v) is 4.54. The molecule has 3 aromatic carbocycles. The normalized spacial score (nSPS) is 10.7. The Balaban J connectivity index is 1.59. The number of rotatable bonds is 6. The molecule has 0 fully saturated rings. The summed E-state index contributed by atoms with van der Waals surface area (Å²) < 4.78 is 11.3. The Hall–Kier alpha value is -3.57. The lowest BCUT2D eigenvalue weighted by Gasteiger charge is -2.08. The number of anilines is 1. The number of fused-ring (bicyclic) bond motifs is 1. The van der Waals surface area contributed by atoms with E-state index in [0.717, 1.165) is 0 Å². The highest BCUT2D eigenvalue weighted by Crippen LogP contribution is 2.32. The molecular formula is C23H16ClNO4. The van der Waals surface area contributed by atoms with E-state index in [0.29, 0.717) is 33.0 Å². The lowest BCUT2D eigenvalue weighted by molar-refractivity contribution is -0.118. The number of amides is 1. The van der Waals surface area contributed by atoms with E-state index >= 15 is 0 Å². The van der Waals surface area contributed by atoms with Crippen molar-refractivity contribution in [3.63, 3.8) is 0 Å². The highest BCUT2D eigenvalue weighted by molar-refractivity contribution is 6.30. The van der Waals surface area contributed by atoms with E-state index in [9.17, 15) is 9.59 Å². The molecule has 4 aromatic rings. The fraction of sp³-hybridized carbons (Fsp3) is 0.0435. The maximum absolute atomic E-state index is 12.9. The van der Waals surface area contributed by atoms with Gasteiger partial charge in [0.2, 0.25) is 5.78 Å². The second-order valence-corrected chi connectivity index (χ2v) is 6.72. The topological polar surface area (TPSA) is 68.5 Å². The van der Waals surface area contributed by atoms with Crippen LogP contribution < -0.4 is 10.1 Å². The molecule has 0 atom stereocenters. The van der Waals surface area contributed by atoms with Gasteiger partial charge < -0.3 is 14.5 Å². The molecule has 1 N–H and O–H groups in total. The zero-order chi connectivity index (χ0) is 20.2. The number of furan rings is 1. The number of hydrogen-bond acceptors (Lipinski definition) is 4. The number of carbonyl (C=O) groups excluding carboxylic acids is 2. The largest absolute Gasteiger partial charge is 0.484 e. The smallest absolute Gasteiger partial charge is 0.262 e. The lowest BCUT2D eigenvalue weighted by Crippen LogP contribution is -2.21. The molecule has 0 aliphatic heterocycles. The number of para-hydroxylation sites is 1. The van der Waals surface area contributed by atoms with Crippen LogP contribution in [-0.4, -0.2) is 18.3 Å². The van der Waals surface area contributed by atoms with Gasteiger partial charge in [0, 0.05) is 16.0 Å². The Bertz CT molecular complexity index is 1170. The first-order valence-electron chi connectivity index (χ1n) is 8.91. The van der Waals surface area contributed by atoms with Crippen molar-refractivity contribution in [1.29, 1.82) is 0 Å². The van der Waals surface area contributed by atoms with Gasteiger partial charge in [0.25, 0.3) is 5.91 Å². The number of ether oxygens (including phenoxy) is 1. The van der Waals surface area contributed by atoms with Crippen molar-refractivity contribution in [1.82, 2.24) is 0 Å². The molecule has 0 saturated heterocycles. The minimum Gasteiger partial charge on any atom is -0.484 e. The van der Waals surface area contributed by atoms with Gasteiger partial charge in [0.1, 0.15) is 11.3 Å². The number of nitrogens with one attached hydrogen (secondary N) is 1. The average molecular weight is 406 g/mol. The number of ketones is 1. The molecule has 1 aromatic heterocycles. The first kappa shape index (κ1) is 18.8. The van der Waals surface area contributed by atoms with Crippen molar-refractivity contribution in [2.24, 2.45) is 0 Å². The molecule has 144 valence electrons. The fourth-order valence-corrected chi connectivity index (χ4v) is 3.03. The Labute approximate surface area is 171 Å². The molecule has 29 heavy (non-hydrogen) atoms. The van der Waals surface area contributed by atoms with Crippen LogP contribution in [0.3, 0.4) is 0 Å². The Kier molecular flexibility index (Phi) is 5.31. The van der Waals surface area contributed by atoms with Gasteiger partial charge in [-0.05, 0) is 36.4 Å². The minimum atomic E-state index is -0.409. The SMILES string of the molecule is O=C(COc1ccc(Cl)cc1)Nc1c(C(=O)c2ccccc2)oc2ccccc12. The summed E-state index contributed by atoms with van der Waals surface area (Å²) in [5, 5.41) is 3.99. The maximum Gasteiger partial charge on any atom is 0.262 e. The van der Waals surface area contributed by atoms with Gasteiger partial charge in [-0.3, -0.25) is 9.59 Å². The van der Waals surface area contributed by atoms with Crippen molar-refractivity contribution < 1.29 is 18.7 Å². The highest BCUT2D eigenvalue weighted by Gasteiger charge is 2.23. The van der Waals surface area contributed by atoms with Crippen LogP contribution in [0.5, 0.6) is 5.75 Å². The second-order valence-electron chi connectivity index (χ2n) is 6.29. The summed E-state index contributed by atoms with van der Waals surface area (Å²) in [5.41, 5.74) is 1.32. The van der Waals surface area contributed by atoms with Crippen LogP contribution >= 0.6 is 11.6 Å². The van der Waals surface area contributed by atoms with Gasteiger partial charge in [0.05, 0.1) is 5.69 Å². The van der Waals surface area contributed by atoms with E-state index < -0.39 is 5.91 Å². The van der Waals surface area contributed by atoms with Crippen LogP contribution in [0.2, 0.25) is 5.02 Å². The van der Waals surface area contributed by atoms with E-state index in [2.05, 4.69) is 5.32 Å². The molecule has 0 saturated carbocycles. The monoisotopic (exact) mass is 405 g/mol. The summed E-state index contributed by atoms with van der Waals surface area (Å²) in [4.78, 5) is 25.4. The van der Waals surface area contributed by atoms with E-state index in [1.54, 1.807) is 66.7 Å². The summed E-state index contributed by atoms with van der Waals surface area (Å²) in [5.74, 6) is -0.122. The number of hydrogen-bond donors (Lipinski definition) is 1. The highest BCUT2D eigenvalue weighted by atomic mass is 35.5. The van der Waals surface area contributed by atoms with E-state index in [1.807, 2.05) is 12.1 Å². The van der Waals surface area contributed by atoms with Gasteiger partial charge in [-0.1, -0.05) is 54.1 Å². The van der Waals surface area contributed by atoms with Crippen LogP contribution in [0.25, 0.3) is 11.0 Å². The van der Waals surface area contributed by atoms with Crippen LogP contribution in [0, 0.1) is 0 Å². The first-order valence-corrected chi connectivity index (χ1v) is 9.29.